The number of amides is 1. The molecule has 3 heterocycles. The van der Waals surface area contributed by atoms with E-state index in [9.17, 15) is 9.18 Å². The van der Waals surface area contributed by atoms with Crippen molar-refractivity contribution >= 4 is 27.3 Å². The molecule has 0 radical (unpaired) electrons. The van der Waals surface area contributed by atoms with Gasteiger partial charge in [0.15, 0.2) is 0 Å². The number of fused-ring (bicyclic) bond motifs is 1. The van der Waals surface area contributed by atoms with E-state index >= 15 is 0 Å². The molecule has 1 amide bonds. The standard InChI is InChI=1S/C20H24FN5OS/c1-14(2)3-8-18(27)24-9-11-25(12-10-24)20-23-26-13-17(22-19(26)28-20)15-4-6-16(21)7-5-15/h4-7,13-14H,3,8-12H2,1-2H3. The van der Waals surface area contributed by atoms with Crippen LogP contribution in [-0.4, -0.2) is 51.6 Å². The maximum Gasteiger partial charge on any atom is 0.222 e. The van der Waals surface area contributed by atoms with E-state index in [2.05, 4.69) is 28.8 Å². The number of carbonyl (C=O) groups excluding carboxylic acids is 1. The van der Waals surface area contributed by atoms with E-state index in [-0.39, 0.29) is 11.7 Å². The molecular weight excluding hydrogens is 377 g/mol. The molecule has 2 aromatic heterocycles. The van der Waals surface area contributed by atoms with E-state index in [1.165, 1.54) is 23.5 Å². The lowest BCUT2D eigenvalue weighted by molar-refractivity contribution is -0.131. The molecule has 0 saturated carbocycles. The van der Waals surface area contributed by atoms with Gasteiger partial charge in [-0.15, -0.1) is 5.10 Å². The molecule has 8 heteroatoms. The van der Waals surface area contributed by atoms with Gasteiger partial charge in [0, 0.05) is 38.2 Å². The third kappa shape index (κ3) is 4.01. The summed E-state index contributed by atoms with van der Waals surface area (Å²) in [5.41, 5.74) is 1.65. The summed E-state index contributed by atoms with van der Waals surface area (Å²) in [4.78, 5) is 21.9. The van der Waals surface area contributed by atoms with Crippen molar-refractivity contribution in [3.8, 4) is 11.3 Å². The van der Waals surface area contributed by atoms with Gasteiger partial charge in [0.2, 0.25) is 16.0 Å². The summed E-state index contributed by atoms with van der Waals surface area (Å²) < 4.78 is 14.9. The van der Waals surface area contributed by atoms with Gasteiger partial charge in [-0.25, -0.2) is 13.9 Å². The number of nitrogens with zero attached hydrogens (tertiary/aromatic N) is 5. The maximum absolute atomic E-state index is 13.1. The van der Waals surface area contributed by atoms with Gasteiger partial charge >= 0.3 is 0 Å². The van der Waals surface area contributed by atoms with Gasteiger partial charge in [0.1, 0.15) is 5.82 Å². The summed E-state index contributed by atoms with van der Waals surface area (Å²) in [6.07, 6.45) is 3.45. The highest BCUT2D eigenvalue weighted by Crippen LogP contribution is 2.27. The number of piperazine rings is 1. The van der Waals surface area contributed by atoms with Crippen LogP contribution in [0.2, 0.25) is 0 Å². The summed E-state index contributed by atoms with van der Waals surface area (Å²) >= 11 is 1.54. The van der Waals surface area contributed by atoms with E-state index in [1.54, 1.807) is 16.6 Å². The molecule has 1 aliphatic rings. The fraction of sp³-hybridized carbons (Fsp3) is 0.450. The summed E-state index contributed by atoms with van der Waals surface area (Å²) in [6.45, 7) is 7.33. The summed E-state index contributed by atoms with van der Waals surface area (Å²) in [7, 11) is 0. The lowest BCUT2D eigenvalue weighted by Gasteiger charge is -2.34. The van der Waals surface area contributed by atoms with Crippen molar-refractivity contribution in [1.82, 2.24) is 19.5 Å². The Balaban J connectivity index is 1.40. The van der Waals surface area contributed by atoms with Gasteiger partial charge in [-0.2, -0.15) is 0 Å². The molecule has 1 aromatic carbocycles. The van der Waals surface area contributed by atoms with Crippen LogP contribution in [0.15, 0.2) is 30.5 Å². The van der Waals surface area contributed by atoms with Crippen LogP contribution in [0.5, 0.6) is 0 Å². The highest BCUT2D eigenvalue weighted by molar-refractivity contribution is 7.20. The second-order valence-electron chi connectivity index (χ2n) is 7.55. The lowest BCUT2D eigenvalue weighted by atomic mass is 10.1. The molecule has 1 aliphatic heterocycles. The molecule has 0 spiro atoms. The second-order valence-corrected chi connectivity index (χ2v) is 8.48. The minimum Gasteiger partial charge on any atom is -0.343 e. The molecule has 6 nitrogen and oxygen atoms in total. The lowest BCUT2D eigenvalue weighted by Crippen LogP contribution is -2.48. The average Bonchev–Trinajstić information content (AvgIpc) is 3.26. The Morgan fingerprint density at radius 1 is 1.18 bits per heavy atom. The average molecular weight is 402 g/mol. The third-order valence-corrected chi connectivity index (χ3v) is 5.99. The van der Waals surface area contributed by atoms with Gasteiger partial charge in [0.05, 0.1) is 11.9 Å². The quantitative estimate of drug-likeness (QED) is 0.654. The van der Waals surface area contributed by atoms with E-state index < -0.39 is 0 Å². The number of hydrogen-bond acceptors (Lipinski definition) is 5. The molecule has 0 bridgehead atoms. The Hall–Kier alpha value is -2.48. The SMILES string of the molecule is CC(C)CCC(=O)N1CCN(c2nn3cc(-c4ccc(F)cc4)nc3s2)CC1. The van der Waals surface area contributed by atoms with Crippen LogP contribution in [0.25, 0.3) is 16.2 Å². The predicted molar refractivity (Wildman–Crippen MR) is 109 cm³/mol. The fourth-order valence-corrected chi connectivity index (χ4v) is 4.23. The van der Waals surface area contributed by atoms with E-state index in [0.29, 0.717) is 12.3 Å². The molecule has 0 atom stereocenters. The minimum absolute atomic E-state index is 0.256. The maximum atomic E-state index is 13.1. The van der Waals surface area contributed by atoms with Gasteiger partial charge in [-0.3, -0.25) is 4.79 Å². The van der Waals surface area contributed by atoms with Crippen LogP contribution in [0.3, 0.4) is 0 Å². The van der Waals surface area contributed by atoms with Crippen LogP contribution in [0.1, 0.15) is 26.7 Å². The van der Waals surface area contributed by atoms with Crippen LogP contribution in [-0.2, 0) is 4.79 Å². The van der Waals surface area contributed by atoms with Crippen molar-refractivity contribution < 1.29 is 9.18 Å². The molecule has 28 heavy (non-hydrogen) atoms. The van der Waals surface area contributed by atoms with Crippen molar-refractivity contribution in [2.24, 2.45) is 5.92 Å². The zero-order valence-electron chi connectivity index (χ0n) is 16.1. The van der Waals surface area contributed by atoms with Crippen molar-refractivity contribution in [1.29, 1.82) is 0 Å². The van der Waals surface area contributed by atoms with Crippen LogP contribution in [0.4, 0.5) is 9.52 Å². The number of benzene rings is 1. The van der Waals surface area contributed by atoms with Gasteiger partial charge in [-0.1, -0.05) is 25.2 Å². The topological polar surface area (TPSA) is 53.7 Å². The molecule has 3 aromatic rings. The molecule has 0 unspecified atom stereocenters. The molecular formula is C20H24FN5OS. The number of anilines is 1. The van der Waals surface area contributed by atoms with Crippen molar-refractivity contribution in [3.63, 3.8) is 0 Å². The smallest absolute Gasteiger partial charge is 0.222 e. The number of halogens is 1. The first kappa shape index (κ1) is 18.9. The summed E-state index contributed by atoms with van der Waals surface area (Å²) in [5.74, 6) is 0.551. The highest BCUT2D eigenvalue weighted by Gasteiger charge is 2.23. The summed E-state index contributed by atoms with van der Waals surface area (Å²) in [6, 6.07) is 6.31. The normalized spacial score (nSPS) is 15.0. The van der Waals surface area contributed by atoms with Gasteiger partial charge in [0.25, 0.3) is 0 Å². The van der Waals surface area contributed by atoms with Gasteiger partial charge < -0.3 is 9.80 Å². The first-order chi connectivity index (χ1) is 13.5. The molecule has 148 valence electrons. The summed E-state index contributed by atoms with van der Waals surface area (Å²) in [5, 5.41) is 5.57. The monoisotopic (exact) mass is 401 g/mol. The Kier molecular flexibility index (Phi) is 5.30. The van der Waals surface area contributed by atoms with Gasteiger partial charge in [-0.05, 0) is 36.6 Å². The number of carbonyl (C=O) groups is 1. The molecule has 0 N–H and O–H groups in total. The van der Waals surface area contributed by atoms with Crippen LogP contribution >= 0.6 is 11.3 Å². The Morgan fingerprint density at radius 3 is 2.54 bits per heavy atom. The first-order valence-electron chi connectivity index (χ1n) is 9.64. The highest BCUT2D eigenvalue weighted by atomic mass is 32.1. The molecule has 1 saturated heterocycles. The third-order valence-electron chi connectivity index (χ3n) is 5.01. The number of aromatic nitrogens is 3. The largest absolute Gasteiger partial charge is 0.343 e. The van der Waals surface area contributed by atoms with E-state index in [4.69, 9.17) is 0 Å². The van der Waals surface area contributed by atoms with Crippen molar-refractivity contribution in [3.05, 3.63) is 36.3 Å². The second kappa shape index (κ2) is 7.87. The Bertz CT molecular complexity index is 925. The van der Waals surface area contributed by atoms with Crippen molar-refractivity contribution in [2.75, 3.05) is 31.1 Å². The molecule has 4 rings (SSSR count). The Morgan fingerprint density at radius 2 is 1.89 bits per heavy atom. The number of hydrogen-bond donors (Lipinski definition) is 0. The van der Waals surface area contributed by atoms with Crippen LogP contribution < -0.4 is 4.90 Å². The van der Waals surface area contributed by atoms with E-state index in [1.807, 2.05) is 11.1 Å². The zero-order valence-corrected chi connectivity index (χ0v) is 17.0. The number of rotatable bonds is 5. The van der Waals surface area contributed by atoms with Crippen LogP contribution in [0, 0.1) is 11.7 Å². The Labute approximate surface area is 167 Å². The van der Waals surface area contributed by atoms with Crippen molar-refractivity contribution in [2.45, 2.75) is 26.7 Å². The minimum atomic E-state index is -0.257. The molecule has 1 fully saturated rings. The fourth-order valence-electron chi connectivity index (χ4n) is 3.29. The van der Waals surface area contributed by atoms with E-state index in [0.717, 1.165) is 53.9 Å². The number of imidazole rings is 1. The molecule has 0 aliphatic carbocycles. The first-order valence-corrected chi connectivity index (χ1v) is 10.5. The zero-order chi connectivity index (χ0) is 19.7. The predicted octanol–water partition coefficient (Wildman–Crippen LogP) is 3.68.